The van der Waals surface area contributed by atoms with Gasteiger partial charge in [0.1, 0.15) is 30.2 Å². The van der Waals surface area contributed by atoms with E-state index in [1.54, 1.807) is 12.1 Å². The van der Waals surface area contributed by atoms with Crippen LogP contribution in [0.3, 0.4) is 0 Å². The molecule has 10 rings (SSSR count). The minimum atomic E-state index is -1.36. The maximum atomic E-state index is 14.8. The van der Waals surface area contributed by atoms with Crippen molar-refractivity contribution < 1.29 is 43.1 Å². The van der Waals surface area contributed by atoms with E-state index in [1.807, 2.05) is 19.9 Å². The number of aryl methyl sites for hydroxylation is 1. The van der Waals surface area contributed by atoms with E-state index in [0.717, 1.165) is 16.7 Å². The molecule has 15 heteroatoms. The Balaban J connectivity index is 1.32. The number of hydrogen-bond acceptors (Lipinski definition) is 15. The highest BCUT2D eigenvalue weighted by Crippen LogP contribution is 2.63. The molecule has 0 aliphatic carbocycles. The quantitative estimate of drug-likeness (QED) is 0.258. The van der Waals surface area contributed by atoms with Crippen molar-refractivity contribution in [2.45, 2.75) is 74.6 Å². The number of aromatic hydroxyl groups is 1. The Kier molecular flexibility index (Phi) is 8.36. The van der Waals surface area contributed by atoms with Crippen molar-refractivity contribution in [2.24, 2.45) is 0 Å². The van der Waals surface area contributed by atoms with Gasteiger partial charge in [0.15, 0.2) is 28.5 Å². The van der Waals surface area contributed by atoms with Gasteiger partial charge in [0.25, 0.3) is 0 Å². The van der Waals surface area contributed by atoms with Crippen LogP contribution >= 0.6 is 11.8 Å². The van der Waals surface area contributed by atoms with Crippen LogP contribution in [0.4, 0.5) is 0 Å². The first kappa shape index (κ1) is 35.5. The lowest BCUT2D eigenvalue weighted by Gasteiger charge is -2.59. The third kappa shape index (κ3) is 4.96. The highest BCUT2D eigenvalue weighted by molar-refractivity contribution is 7.99. The molecular formula is C40H39N5O9S. The number of ether oxygens (including phenoxy) is 6. The Morgan fingerprint density at radius 1 is 1.05 bits per heavy atom. The van der Waals surface area contributed by atoms with Crippen LogP contribution in [0.5, 0.6) is 34.5 Å². The summed E-state index contributed by atoms with van der Waals surface area (Å²) in [6.07, 6.45) is 1.04. The standard InChI is InChI=1S/C40H39N5O9S/c1-17-8-21-10-24-25(13-42)45-26-14-51-39(48)40(23-11-27(49-4)22(12-41)9-20(23)6-7-43-40)15-55-38(32(45)31(44-24)28(21)33(47)34(17)50-5)30-29(26)37-36(52-16-53-37)18(2)35(30)54-19(3)46/h8-9,11,24-26,31-32,38,43-44,47H,6-7,10,14-16H2,1-5H3/t24-,25-,26-,31+,32+,38+,40+/m0/s1. The molecule has 2 saturated heterocycles. The largest absolute Gasteiger partial charge is 0.504 e. The summed E-state index contributed by atoms with van der Waals surface area (Å²) in [6, 6.07) is 7.45. The molecule has 0 unspecified atom stereocenters. The maximum absolute atomic E-state index is 14.8. The number of nitrogens with zero attached hydrogens (tertiary/aromatic N) is 3. The number of nitriles is 2. The highest BCUT2D eigenvalue weighted by atomic mass is 32.2. The number of nitrogens with one attached hydrogen (secondary N) is 2. The van der Waals surface area contributed by atoms with Crippen LogP contribution in [0, 0.1) is 36.5 Å². The summed E-state index contributed by atoms with van der Waals surface area (Å²) in [7, 11) is 3.01. The number of benzene rings is 3. The predicted molar refractivity (Wildman–Crippen MR) is 196 cm³/mol. The van der Waals surface area contributed by atoms with Crippen LogP contribution in [0.15, 0.2) is 18.2 Å². The van der Waals surface area contributed by atoms with Crippen molar-refractivity contribution in [3.05, 3.63) is 68.3 Å². The van der Waals surface area contributed by atoms with E-state index in [9.17, 15) is 25.2 Å². The number of phenols is 1. The van der Waals surface area contributed by atoms with Gasteiger partial charge in [-0.1, -0.05) is 6.07 Å². The molecule has 0 radical (unpaired) electrons. The maximum Gasteiger partial charge on any atom is 0.331 e. The summed E-state index contributed by atoms with van der Waals surface area (Å²) in [4.78, 5) is 29.8. The smallest absolute Gasteiger partial charge is 0.331 e. The number of thioether (sulfide) groups is 1. The minimum absolute atomic E-state index is 0.0234. The van der Waals surface area contributed by atoms with Crippen molar-refractivity contribution in [3.63, 3.8) is 0 Å². The van der Waals surface area contributed by atoms with Crippen LogP contribution in [0.25, 0.3) is 0 Å². The monoisotopic (exact) mass is 765 g/mol. The molecule has 3 aromatic carbocycles. The second kappa shape index (κ2) is 13.0. The molecule has 0 saturated carbocycles. The number of phenolic OH excluding ortho intramolecular Hbond substituents is 1. The van der Waals surface area contributed by atoms with Crippen molar-refractivity contribution >= 4 is 23.7 Å². The lowest BCUT2D eigenvalue weighted by atomic mass is 9.72. The normalized spacial score (nSPS) is 28.4. The first-order chi connectivity index (χ1) is 26.6. The fourth-order valence-corrected chi connectivity index (χ4v) is 11.6. The molecule has 2 fully saturated rings. The molecule has 3 N–H and O–H groups in total. The van der Waals surface area contributed by atoms with E-state index < -0.39 is 46.9 Å². The second-order valence-electron chi connectivity index (χ2n) is 14.8. The Morgan fingerprint density at radius 3 is 2.58 bits per heavy atom. The molecular weight excluding hydrogens is 727 g/mol. The Labute approximate surface area is 321 Å². The SMILES string of the molecule is COc1cc2c(cc1C#N)CCN[C@]21CS[C@@H]2c3c(OC(C)=O)c(C)c4c(c3[C@H](COC1=O)N1[C@@H]2[C@@H]2N[C@@H](Cc3cc(C)c(OC)c(O)c32)[C@@H]1C#N)OCO4. The van der Waals surface area contributed by atoms with E-state index in [-0.39, 0.29) is 30.9 Å². The summed E-state index contributed by atoms with van der Waals surface area (Å²) in [5, 5.41) is 39.5. The second-order valence-corrected chi connectivity index (χ2v) is 15.9. The average molecular weight is 766 g/mol. The number of hydrogen-bond donors (Lipinski definition) is 3. The summed E-state index contributed by atoms with van der Waals surface area (Å²) in [5.74, 6) is 1.05. The van der Waals surface area contributed by atoms with Gasteiger partial charge in [-0.05, 0) is 61.1 Å². The Hall–Kier alpha value is -5.19. The predicted octanol–water partition coefficient (Wildman–Crippen LogP) is 3.81. The molecule has 7 heterocycles. The molecule has 284 valence electrons. The minimum Gasteiger partial charge on any atom is -0.504 e. The van der Waals surface area contributed by atoms with Crippen molar-refractivity contribution in [3.8, 4) is 46.6 Å². The first-order valence-electron chi connectivity index (χ1n) is 18.2. The summed E-state index contributed by atoms with van der Waals surface area (Å²) < 4.78 is 36.1. The van der Waals surface area contributed by atoms with Gasteiger partial charge in [-0.25, -0.2) is 4.79 Å². The molecule has 4 bridgehead atoms. The molecule has 0 aromatic heterocycles. The third-order valence-corrected chi connectivity index (χ3v) is 13.5. The lowest BCUT2D eigenvalue weighted by Crippen LogP contribution is -2.69. The van der Waals surface area contributed by atoms with Gasteiger partial charge < -0.3 is 38.8 Å². The Morgan fingerprint density at radius 2 is 1.85 bits per heavy atom. The van der Waals surface area contributed by atoms with Gasteiger partial charge >= 0.3 is 11.9 Å². The van der Waals surface area contributed by atoms with Gasteiger partial charge in [-0.3, -0.25) is 15.0 Å². The Bertz CT molecular complexity index is 2290. The number of piperazine rings is 1. The first-order valence-corrected chi connectivity index (χ1v) is 19.2. The lowest BCUT2D eigenvalue weighted by molar-refractivity contribution is -0.155. The molecule has 1 spiro atoms. The topological polar surface area (TPSA) is 185 Å². The summed E-state index contributed by atoms with van der Waals surface area (Å²) in [6.45, 7) is 5.25. The van der Waals surface area contributed by atoms with E-state index in [4.69, 9.17) is 28.4 Å². The summed E-state index contributed by atoms with van der Waals surface area (Å²) >= 11 is 1.47. The zero-order chi connectivity index (χ0) is 38.5. The molecule has 7 aliphatic rings. The van der Waals surface area contributed by atoms with E-state index >= 15 is 0 Å². The van der Waals surface area contributed by atoms with Crippen molar-refractivity contribution in [2.75, 3.05) is 39.9 Å². The fraction of sp³-hybridized carbons (Fsp3) is 0.450. The van der Waals surface area contributed by atoms with E-state index in [2.05, 4.69) is 27.7 Å². The number of fused-ring (bicyclic) bond motifs is 9. The molecule has 7 aliphatic heterocycles. The zero-order valence-electron chi connectivity index (χ0n) is 30.9. The number of esters is 2. The van der Waals surface area contributed by atoms with Crippen LogP contribution in [0.2, 0.25) is 0 Å². The van der Waals surface area contributed by atoms with Crippen molar-refractivity contribution in [1.82, 2.24) is 15.5 Å². The number of rotatable bonds is 3. The summed E-state index contributed by atoms with van der Waals surface area (Å²) in [5.41, 5.74) is 4.75. The van der Waals surface area contributed by atoms with E-state index in [1.165, 1.54) is 32.9 Å². The van der Waals surface area contributed by atoms with Crippen LogP contribution in [-0.4, -0.2) is 80.0 Å². The molecule has 3 aromatic rings. The molecule has 55 heavy (non-hydrogen) atoms. The zero-order valence-corrected chi connectivity index (χ0v) is 31.7. The van der Waals surface area contributed by atoms with E-state index in [0.29, 0.717) is 81.5 Å². The molecule has 0 amide bonds. The van der Waals surface area contributed by atoms with Gasteiger partial charge in [0, 0.05) is 53.6 Å². The van der Waals surface area contributed by atoms with Crippen LogP contribution < -0.4 is 34.3 Å². The number of carbonyl (C=O) groups excluding carboxylic acids is 2. The number of methoxy groups -OCH3 is 2. The average Bonchev–Trinajstić information content (AvgIpc) is 3.67. The van der Waals surface area contributed by atoms with Crippen molar-refractivity contribution in [1.29, 1.82) is 10.5 Å². The molecule has 7 atom stereocenters. The van der Waals surface area contributed by atoms with Crippen LogP contribution in [-0.2, 0) is 32.7 Å². The fourth-order valence-electron chi connectivity index (χ4n) is 9.90. The third-order valence-electron chi connectivity index (χ3n) is 12.1. The van der Waals surface area contributed by atoms with Gasteiger partial charge in [-0.15, -0.1) is 11.8 Å². The van der Waals surface area contributed by atoms with Gasteiger partial charge in [-0.2, -0.15) is 10.5 Å². The van der Waals surface area contributed by atoms with Gasteiger partial charge in [0.2, 0.25) is 6.79 Å². The van der Waals surface area contributed by atoms with Crippen LogP contribution in [0.1, 0.15) is 74.3 Å². The highest BCUT2D eigenvalue weighted by Gasteiger charge is 2.60. The van der Waals surface area contributed by atoms with Gasteiger partial charge in [0.05, 0.1) is 43.2 Å². The molecule has 14 nitrogen and oxygen atoms in total. The number of carbonyl (C=O) groups is 2.